The van der Waals surface area contributed by atoms with Gasteiger partial charge in [-0.05, 0) is 35.4 Å². The SMILES string of the molecule is O=C(CCn1cnnn1)N1CCC[C@H]1c1nc2ccccc2s1. The maximum atomic E-state index is 12.6. The van der Waals surface area contributed by atoms with Gasteiger partial charge in [0, 0.05) is 13.0 Å². The number of amides is 1. The molecule has 0 saturated carbocycles. The Morgan fingerprint density at radius 1 is 1.35 bits per heavy atom. The summed E-state index contributed by atoms with van der Waals surface area (Å²) in [5.41, 5.74) is 1.01. The van der Waals surface area contributed by atoms with E-state index in [1.807, 2.05) is 23.1 Å². The number of benzene rings is 1. The molecule has 4 rings (SSSR count). The highest BCUT2D eigenvalue weighted by molar-refractivity contribution is 7.18. The first-order valence-corrected chi connectivity index (χ1v) is 8.48. The van der Waals surface area contributed by atoms with Crippen molar-refractivity contribution < 1.29 is 4.79 Å². The minimum atomic E-state index is 0.105. The highest BCUT2D eigenvalue weighted by atomic mass is 32.1. The van der Waals surface area contributed by atoms with Crippen molar-refractivity contribution in [3.8, 4) is 0 Å². The first-order valence-electron chi connectivity index (χ1n) is 7.67. The van der Waals surface area contributed by atoms with Crippen LogP contribution in [0.3, 0.4) is 0 Å². The van der Waals surface area contributed by atoms with E-state index >= 15 is 0 Å². The second-order valence-electron chi connectivity index (χ2n) is 5.59. The van der Waals surface area contributed by atoms with Crippen molar-refractivity contribution in [3.05, 3.63) is 35.6 Å². The molecule has 23 heavy (non-hydrogen) atoms. The molecule has 0 radical (unpaired) electrons. The lowest BCUT2D eigenvalue weighted by atomic mass is 10.2. The Bertz CT molecular complexity index is 781. The number of carbonyl (C=O) groups is 1. The number of tetrazole rings is 1. The zero-order valence-corrected chi connectivity index (χ0v) is 13.3. The molecule has 7 nitrogen and oxygen atoms in total. The highest BCUT2D eigenvalue weighted by Crippen LogP contribution is 2.36. The molecule has 2 aromatic heterocycles. The van der Waals surface area contributed by atoms with E-state index < -0.39 is 0 Å². The molecule has 118 valence electrons. The lowest BCUT2D eigenvalue weighted by molar-refractivity contribution is -0.132. The molecule has 1 atom stereocenters. The fourth-order valence-corrected chi connectivity index (χ4v) is 4.11. The van der Waals surface area contributed by atoms with Crippen LogP contribution in [0.2, 0.25) is 0 Å². The van der Waals surface area contributed by atoms with Gasteiger partial charge in [0.05, 0.1) is 22.8 Å². The predicted octanol–water partition coefficient (Wildman–Crippen LogP) is 2.04. The number of nitrogens with zero attached hydrogens (tertiary/aromatic N) is 6. The second kappa shape index (κ2) is 6.04. The second-order valence-corrected chi connectivity index (χ2v) is 6.65. The third-order valence-electron chi connectivity index (χ3n) is 4.11. The molecule has 1 amide bonds. The quantitative estimate of drug-likeness (QED) is 0.732. The molecule has 1 aromatic carbocycles. The Morgan fingerprint density at radius 2 is 2.26 bits per heavy atom. The van der Waals surface area contributed by atoms with Crippen molar-refractivity contribution in [3.63, 3.8) is 0 Å². The van der Waals surface area contributed by atoms with E-state index in [4.69, 9.17) is 4.98 Å². The summed E-state index contributed by atoms with van der Waals surface area (Å²) in [4.78, 5) is 19.2. The number of carbonyl (C=O) groups excluding carboxylic acids is 1. The topological polar surface area (TPSA) is 76.8 Å². The molecule has 1 saturated heterocycles. The van der Waals surface area contributed by atoms with Gasteiger partial charge in [-0.25, -0.2) is 9.67 Å². The van der Waals surface area contributed by atoms with Crippen LogP contribution in [0.15, 0.2) is 30.6 Å². The van der Waals surface area contributed by atoms with Gasteiger partial charge < -0.3 is 4.90 Å². The number of aryl methyl sites for hydroxylation is 1. The Kier molecular flexibility index (Phi) is 3.74. The first-order chi connectivity index (χ1) is 11.3. The largest absolute Gasteiger partial charge is 0.333 e. The lowest BCUT2D eigenvalue weighted by Crippen LogP contribution is -2.31. The van der Waals surface area contributed by atoms with E-state index in [1.54, 1.807) is 16.0 Å². The summed E-state index contributed by atoms with van der Waals surface area (Å²) in [7, 11) is 0. The molecule has 0 bridgehead atoms. The van der Waals surface area contributed by atoms with Crippen LogP contribution in [-0.2, 0) is 11.3 Å². The van der Waals surface area contributed by atoms with Gasteiger partial charge >= 0.3 is 0 Å². The molecular formula is C15H16N6OS. The van der Waals surface area contributed by atoms with Crippen molar-refractivity contribution in [2.75, 3.05) is 6.54 Å². The van der Waals surface area contributed by atoms with Crippen molar-refractivity contribution in [1.29, 1.82) is 0 Å². The summed E-state index contributed by atoms with van der Waals surface area (Å²) in [6.07, 6.45) is 3.95. The number of likely N-dealkylation sites (tertiary alicyclic amines) is 1. The number of para-hydroxylation sites is 1. The molecule has 1 fully saturated rings. The number of fused-ring (bicyclic) bond motifs is 1. The zero-order chi connectivity index (χ0) is 15.6. The normalized spacial score (nSPS) is 17.9. The Labute approximate surface area is 136 Å². The van der Waals surface area contributed by atoms with E-state index in [0.717, 1.165) is 29.9 Å². The van der Waals surface area contributed by atoms with Crippen LogP contribution in [-0.4, -0.2) is 42.5 Å². The van der Waals surface area contributed by atoms with Gasteiger partial charge in [-0.2, -0.15) is 0 Å². The van der Waals surface area contributed by atoms with Crippen LogP contribution in [0.1, 0.15) is 30.3 Å². The monoisotopic (exact) mass is 328 g/mol. The summed E-state index contributed by atoms with van der Waals surface area (Å²) >= 11 is 1.69. The number of thiazole rings is 1. The maximum Gasteiger partial charge on any atom is 0.225 e. The minimum Gasteiger partial charge on any atom is -0.333 e. The van der Waals surface area contributed by atoms with Crippen LogP contribution in [0.4, 0.5) is 0 Å². The van der Waals surface area contributed by atoms with Crippen molar-refractivity contribution in [1.82, 2.24) is 30.1 Å². The van der Waals surface area contributed by atoms with E-state index in [2.05, 4.69) is 21.6 Å². The van der Waals surface area contributed by atoms with Gasteiger partial charge in [-0.15, -0.1) is 16.4 Å². The van der Waals surface area contributed by atoms with Crippen LogP contribution < -0.4 is 0 Å². The molecule has 3 heterocycles. The molecule has 0 N–H and O–H groups in total. The van der Waals surface area contributed by atoms with Crippen LogP contribution in [0.5, 0.6) is 0 Å². The van der Waals surface area contributed by atoms with Crippen molar-refractivity contribution >= 4 is 27.5 Å². The van der Waals surface area contributed by atoms with E-state index in [1.165, 1.54) is 11.0 Å². The molecule has 1 aliphatic heterocycles. The zero-order valence-electron chi connectivity index (χ0n) is 12.5. The fourth-order valence-electron chi connectivity index (χ4n) is 2.99. The van der Waals surface area contributed by atoms with Crippen molar-refractivity contribution in [2.45, 2.75) is 31.8 Å². The summed E-state index contributed by atoms with van der Waals surface area (Å²) < 4.78 is 2.76. The van der Waals surface area contributed by atoms with Crippen LogP contribution in [0.25, 0.3) is 10.2 Å². The Hall–Kier alpha value is -2.35. The summed E-state index contributed by atoms with van der Waals surface area (Å²) in [6.45, 7) is 1.31. The standard InChI is InChI=1S/C15H16N6OS/c22-14(7-9-20-10-16-18-19-20)21-8-3-5-12(21)15-17-11-4-1-2-6-13(11)23-15/h1-2,4,6,10,12H,3,5,7-9H2/t12-/m0/s1. The predicted molar refractivity (Wildman–Crippen MR) is 85.7 cm³/mol. The molecule has 0 unspecified atom stereocenters. The number of rotatable bonds is 4. The smallest absolute Gasteiger partial charge is 0.225 e. The molecule has 3 aromatic rings. The highest BCUT2D eigenvalue weighted by Gasteiger charge is 2.31. The third kappa shape index (κ3) is 2.81. The van der Waals surface area contributed by atoms with Gasteiger partial charge in [-0.1, -0.05) is 12.1 Å². The minimum absolute atomic E-state index is 0.105. The van der Waals surface area contributed by atoms with Crippen LogP contribution >= 0.6 is 11.3 Å². The average Bonchev–Trinajstić information content (AvgIpc) is 3.31. The van der Waals surface area contributed by atoms with E-state index in [0.29, 0.717) is 13.0 Å². The first kappa shape index (κ1) is 14.3. The van der Waals surface area contributed by atoms with Gasteiger partial charge in [0.1, 0.15) is 11.3 Å². The van der Waals surface area contributed by atoms with Gasteiger partial charge in [-0.3, -0.25) is 4.79 Å². The number of hydrogen-bond donors (Lipinski definition) is 0. The van der Waals surface area contributed by atoms with E-state index in [9.17, 15) is 4.79 Å². The van der Waals surface area contributed by atoms with E-state index in [-0.39, 0.29) is 11.9 Å². The van der Waals surface area contributed by atoms with Gasteiger partial charge in [0.2, 0.25) is 5.91 Å². The molecule has 0 aliphatic carbocycles. The van der Waals surface area contributed by atoms with Crippen LogP contribution in [0, 0.1) is 0 Å². The summed E-state index contributed by atoms with van der Waals surface area (Å²) in [6, 6.07) is 8.22. The molecule has 0 spiro atoms. The lowest BCUT2D eigenvalue weighted by Gasteiger charge is -2.23. The van der Waals surface area contributed by atoms with Crippen molar-refractivity contribution in [2.24, 2.45) is 0 Å². The average molecular weight is 328 g/mol. The third-order valence-corrected chi connectivity index (χ3v) is 5.25. The Morgan fingerprint density at radius 3 is 3.09 bits per heavy atom. The van der Waals surface area contributed by atoms with Gasteiger partial charge in [0.25, 0.3) is 0 Å². The molecule has 1 aliphatic rings. The fraction of sp³-hybridized carbons (Fsp3) is 0.400. The molecular weight excluding hydrogens is 312 g/mol. The Balaban J connectivity index is 1.50. The molecule has 8 heteroatoms. The maximum absolute atomic E-state index is 12.6. The van der Waals surface area contributed by atoms with Gasteiger partial charge in [0.15, 0.2) is 0 Å². The summed E-state index contributed by atoms with van der Waals surface area (Å²) in [5, 5.41) is 12.0. The summed E-state index contributed by atoms with van der Waals surface area (Å²) in [5.74, 6) is 0.141. The number of aromatic nitrogens is 5. The number of hydrogen-bond acceptors (Lipinski definition) is 6.